The molecule has 19 heavy (non-hydrogen) atoms. The highest BCUT2D eigenvalue weighted by molar-refractivity contribution is 6.33. The fourth-order valence-corrected chi connectivity index (χ4v) is 2.56. The van der Waals surface area contributed by atoms with E-state index in [2.05, 4.69) is 5.43 Å². The third-order valence-electron chi connectivity index (χ3n) is 3.09. The Hall–Kier alpha value is -1.00. The van der Waals surface area contributed by atoms with Crippen molar-refractivity contribution < 1.29 is 4.42 Å². The molecular weight excluding hydrogens is 283 g/mol. The van der Waals surface area contributed by atoms with Crippen molar-refractivity contribution in [2.45, 2.75) is 26.3 Å². The van der Waals surface area contributed by atoms with Gasteiger partial charge in [-0.05, 0) is 50.1 Å². The Balaban J connectivity index is 2.29. The van der Waals surface area contributed by atoms with Gasteiger partial charge in [0.25, 0.3) is 0 Å². The molecule has 3 N–H and O–H groups in total. The summed E-state index contributed by atoms with van der Waals surface area (Å²) in [6.07, 6.45) is 0.649. The number of benzene rings is 1. The molecule has 0 radical (unpaired) electrons. The summed E-state index contributed by atoms with van der Waals surface area (Å²) in [5.41, 5.74) is 4.80. The van der Waals surface area contributed by atoms with Crippen LogP contribution in [-0.4, -0.2) is 0 Å². The van der Waals surface area contributed by atoms with Gasteiger partial charge in [-0.2, -0.15) is 0 Å². The highest BCUT2D eigenvalue weighted by Crippen LogP contribution is 2.28. The van der Waals surface area contributed by atoms with Crippen LogP contribution in [0.25, 0.3) is 0 Å². The van der Waals surface area contributed by atoms with Crippen LogP contribution in [-0.2, 0) is 6.42 Å². The van der Waals surface area contributed by atoms with Gasteiger partial charge in [-0.15, -0.1) is 0 Å². The number of hydrogen-bond donors (Lipinski definition) is 2. The second-order valence-corrected chi connectivity index (χ2v) is 5.37. The highest BCUT2D eigenvalue weighted by atomic mass is 35.5. The Morgan fingerprint density at radius 3 is 2.58 bits per heavy atom. The molecule has 1 heterocycles. The zero-order valence-electron chi connectivity index (χ0n) is 10.8. The molecular formula is C14H16Cl2N2O. The van der Waals surface area contributed by atoms with Crippen LogP contribution in [0.15, 0.2) is 28.7 Å². The molecule has 0 bridgehead atoms. The average Bonchev–Trinajstić information content (AvgIpc) is 2.69. The molecule has 0 aliphatic carbocycles. The van der Waals surface area contributed by atoms with Crippen molar-refractivity contribution in [1.82, 2.24) is 5.43 Å². The van der Waals surface area contributed by atoms with E-state index in [1.807, 2.05) is 26.0 Å². The van der Waals surface area contributed by atoms with E-state index >= 15 is 0 Å². The van der Waals surface area contributed by atoms with Gasteiger partial charge in [-0.1, -0.05) is 23.2 Å². The Labute approximate surface area is 122 Å². The molecule has 2 aromatic rings. The molecule has 0 aliphatic rings. The molecule has 102 valence electrons. The van der Waals surface area contributed by atoms with E-state index < -0.39 is 0 Å². The lowest BCUT2D eigenvalue weighted by molar-refractivity contribution is 0.484. The molecule has 0 saturated carbocycles. The quantitative estimate of drug-likeness (QED) is 0.664. The Morgan fingerprint density at radius 1 is 1.26 bits per heavy atom. The van der Waals surface area contributed by atoms with Crippen LogP contribution >= 0.6 is 23.2 Å². The van der Waals surface area contributed by atoms with Gasteiger partial charge >= 0.3 is 0 Å². The van der Waals surface area contributed by atoms with E-state index in [4.69, 9.17) is 33.5 Å². The summed E-state index contributed by atoms with van der Waals surface area (Å²) in [6, 6.07) is 7.34. The van der Waals surface area contributed by atoms with Crippen molar-refractivity contribution in [2.75, 3.05) is 0 Å². The van der Waals surface area contributed by atoms with Crippen LogP contribution in [0.1, 0.15) is 28.7 Å². The van der Waals surface area contributed by atoms with E-state index in [1.165, 1.54) is 0 Å². The Morgan fingerprint density at radius 2 is 2.00 bits per heavy atom. The van der Waals surface area contributed by atoms with E-state index in [0.29, 0.717) is 16.5 Å². The summed E-state index contributed by atoms with van der Waals surface area (Å²) in [5, 5.41) is 1.35. The summed E-state index contributed by atoms with van der Waals surface area (Å²) in [5.74, 6) is 7.38. The predicted octanol–water partition coefficient (Wildman–Crippen LogP) is 3.95. The lowest BCUT2D eigenvalue weighted by Crippen LogP contribution is -2.29. The van der Waals surface area contributed by atoms with Crippen molar-refractivity contribution in [2.24, 2.45) is 5.84 Å². The molecule has 3 nitrogen and oxygen atoms in total. The van der Waals surface area contributed by atoms with Gasteiger partial charge in [0, 0.05) is 15.6 Å². The van der Waals surface area contributed by atoms with Crippen molar-refractivity contribution in [3.05, 3.63) is 57.0 Å². The fourth-order valence-electron chi connectivity index (χ4n) is 2.17. The summed E-state index contributed by atoms with van der Waals surface area (Å²) < 4.78 is 5.53. The lowest BCUT2D eigenvalue weighted by atomic mass is 9.99. The average molecular weight is 299 g/mol. The normalized spacial score (nSPS) is 12.7. The first kappa shape index (κ1) is 14.4. The second-order valence-electron chi connectivity index (χ2n) is 4.53. The Kier molecular flexibility index (Phi) is 4.53. The van der Waals surface area contributed by atoms with Crippen molar-refractivity contribution in [1.29, 1.82) is 0 Å². The number of rotatable bonds is 4. The molecule has 1 atom stereocenters. The predicted molar refractivity (Wildman–Crippen MR) is 78.4 cm³/mol. The molecule has 0 fully saturated rings. The third-order valence-corrected chi connectivity index (χ3v) is 3.69. The topological polar surface area (TPSA) is 51.2 Å². The van der Waals surface area contributed by atoms with Crippen molar-refractivity contribution >= 4 is 23.2 Å². The van der Waals surface area contributed by atoms with Crippen LogP contribution in [0, 0.1) is 13.8 Å². The van der Waals surface area contributed by atoms with Crippen molar-refractivity contribution in [3.63, 3.8) is 0 Å². The summed E-state index contributed by atoms with van der Waals surface area (Å²) in [7, 11) is 0. The SMILES string of the molecule is Cc1cc(C(Cc2cc(Cl)ccc2Cl)NN)c(C)o1. The lowest BCUT2D eigenvalue weighted by Gasteiger charge is -2.16. The molecule has 0 spiro atoms. The van der Waals surface area contributed by atoms with Gasteiger partial charge in [-0.3, -0.25) is 11.3 Å². The van der Waals surface area contributed by atoms with Crippen LogP contribution in [0.5, 0.6) is 0 Å². The van der Waals surface area contributed by atoms with Crippen LogP contribution in [0.4, 0.5) is 0 Å². The van der Waals surface area contributed by atoms with Crippen molar-refractivity contribution in [3.8, 4) is 0 Å². The third kappa shape index (κ3) is 3.31. The molecule has 0 amide bonds. The molecule has 0 aliphatic heterocycles. The van der Waals surface area contributed by atoms with Crippen LogP contribution < -0.4 is 11.3 Å². The first-order valence-corrected chi connectivity index (χ1v) is 6.74. The summed E-state index contributed by atoms with van der Waals surface area (Å²) >= 11 is 12.2. The molecule has 1 aromatic carbocycles. The zero-order valence-corrected chi connectivity index (χ0v) is 12.3. The number of halogens is 2. The zero-order chi connectivity index (χ0) is 14.0. The maximum Gasteiger partial charge on any atom is 0.105 e. The number of furan rings is 1. The molecule has 5 heteroatoms. The molecule has 2 rings (SSSR count). The van der Waals surface area contributed by atoms with E-state index in [0.717, 1.165) is 22.6 Å². The Bertz CT molecular complexity index is 581. The smallest absolute Gasteiger partial charge is 0.105 e. The number of hydrogen-bond acceptors (Lipinski definition) is 3. The highest BCUT2D eigenvalue weighted by Gasteiger charge is 2.17. The monoisotopic (exact) mass is 298 g/mol. The second kappa shape index (κ2) is 5.97. The van der Waals surface area contributed by atoms with Gasteiger partial charge in [0.1, 0.15) is 11.5 Å². The molecule has 0 saturated heterocycles. The minimum absolute atomic E-state index is 0.0617. The van der Waals surface area contributed by atoms with Crippen LogP contribution in [0.2, 0.25) is 10.0 Å². The van der Waals surface area contributed by atoms with Gasteiger partial charge in [0.15, 0.2) is 0 Å². The molecule has 1 aromatic heterocycles. The number of nitrogens with two attached hydrogens (primary N) is 1. The largest absolute Gasteiger partial charge is 0.466 e. The maximum absolute atomic E-state index is 6.18. The van der Waals surface area contributed by atoms with Gasteiger partial charge in [0.05, 0.1) is 6.04 Å². The standard InChI is InChI=1S/C14H16Cl2N2O/c1-8-5-12(9(2)19-8)14(18-17)7-10-6-11(15)3-4-13(10)16/h3-6,14,18H,7,17H2,1-2H3. The van der Waals surface area contributed by atoms with Gasteiger partial charge < -0.3 is 4.42 Å². The van der Waals surface area contributed by atoms with E-state index in [1.54, 1.807) is 12.1 Å². The number of hydrazine groups is 1. The van der Waals surface area contributed by atoms with Gasteiger partial charge in [-0.25, -0.2) is 0 Å². The summed E-state index contributed by atoms with van der Waals surface area (Å²) in [4.78, 5) is 0. The maximum atomic E-state index is 6.18. The number of nitrogens with one attached hydrogen (secondary N) is 1. The minimum atomic E-state index is -0.0617. The fraction of sp³-hybridized carbons (Fsp3) is 0.286. The van der Waals surface area contributed by atoms with Gasteiger partial charge in [0.2, 0.25) is 0 Å². The van der Waals surface area contributed by atoms with E-state index in [9.17, 15) is 0 Å². The molecule has 1 unspecified atom stereocenters. The van der Waals surface area contributed by atoms with E-state index in [-0.39, 0.29) is 6.04 Å². The summed E-state index contributed by atoms with van der Waals surface area (Å²) in [6.45, 7) is 3.84. The first-order valence-electron chi connectivity index (χ1n) is 5.98. The number of aryl methyl sites for hydroxylation is 2. The first-order chi connectivity index (χ1) is 9.01. The minimum Gasteiger partial charge on any atom is -0.466 e. The van der Waals surface area contributed by atoms with Crippen LogP contribution in [0.3, 0.4) is 0 Å².